The maximum atomic E-state index is 12.0. The summed E-state index contributed by atoms with van der Waals surface area (Å²) in [7, 11) is 0. The first-order chi connectivity index (χ1) is 9.04. The number of hydrogen-bond acceptors (Lipinski definition) is 3. The van der Waals surface area contributed by atoms with E-state index in [-0.39, 0.29) is 5.78 Å². The first-order valence-electron chi connectivity index (χ1n) is 5.84. The van der Waals surface area contributed by atoms with E-state index < -0.39 is 12.1 Å². The van der Waals surface area contributed by atoms with Gasteiger partial charge in [0.1, 0.15) is 0 Å². The van der Waals surface area contributed by atoms with Crippen molar-refractivity contribution in [2.45, 2.75) is 20.0 Å². The van der Waals surface area contributed by atoms with E-state index in [1.807, 2.05) is 6.92 Å². The molecule has 1 aromatic rings. The molecule has 0 aliphatic heterocycles. The van der Waals surface area contributed by atoms with Crippen LogP contribution in [0.4, 0.5) is 0 Å². The highest BCUT2D eigenvalue weighted by atomic mass is 35.5. The number of esters is 1. The van der Waals surface area contributed by atoms with Crippen LogP contribution in [0.3, 0.4) is 0 Å². The second-order valence-corrected chi connectivity index (χ2v) is 4.27. The summed E-state index contributed by atoms with van der Waals surface area (Å²) in [5, 5.41) is 0.551. The fourth-order valence-electron chi connectivity index (χ4n) is 1.36. The minimum atomic E-state index is -0.830. The van der Waals surface area contributed by atoms with Gasteiger partial charge in [0.25, 0.3) is 0 Å². The molecule has 19 heavy (non-hydrogen) atoms. The van der Waals surface area contributed by atoms with Crippen LogP contribution >= 0.6 is 11.6 Å². The molecule has 0 saturated heterocycles. The summed E-state index contributed by atoms with van der Waals surface area (Å²) in [5.41, 5.74) is 0.460. The second-order valence-electron chi connectivity index (χ2n) is 3.84. The predicted molar refractivity (Wildman–Crippen MR) is 75.3 cm³/mol. The number of hydrogen-bond donors (Lipinski definition) is 0. The van der Waals surface area contributed by atoms with E-state index in [1.54, 1.807) is 49.4 Å². The summed E-state index contributed by atoms with van der Waals surface area (Å²) in [4.78, 5) is 23.4. The normalized spacial score (nSPS) is 12.8. The zero-order valence-corrected chi connectivity index (χ0v) is 11.6. The lowest BCUT2D eigenvalue weighted by Crippen LogP contribution is -2.23. The van der Waals surface area contributed by atoms with Gasteiger partial charge in [-0.1, -0.05) is 29.8 Å². The van der Waals surface area contributed by atoms with E-state index in [2.05, 4.69) is 0 Å². The number of allylic oxidation sites excluding steroid dienone is 3. The Morgan fingerprint density at radius 1 is 1.21 bits per heavy atom. The van der Waals surface area contributed by atoms with Gasteiger partial charge >= 0.3 is 5.97 Å². The zero-order valence-electron chi connectivity index (χ0n) is 10.8. The highest BCUT2D eigenvalue weighted by Crippen LogP contribution is 2.12. The maximum Gasteiger partial charge on any atom is 0.331 e. The molecule has 0 unspecified atom stereocenters. The molecule has 100 valence electrons. The van der Waals surface area contributed by atoms with Crippen molar-refractivity contribution >= 4 is 23.4 Å². The fraction of sp³-hybridized carbons (Fsp3) is 0.200. The topological polar surface area (TPSA) is 43.4 Å². The third kappa shape index (κ3) is 5.10. The lowest BCUT2D eigenvalue weighted by Gasteiger charge is -2.10. The molecule has 0 bridgehead atoms. The number of halogens is 1. The van der Waals surface area contributed by atoms with Crippen molar-refractivity contribution in [1.29, 1.82) is 0 Å². The molecule has 0 fully saturated rings. The molecule has 0 heterocycles. The van der Waals surface area contributed by atoms with E-state index in [0.717, 1.165) is 0 Å². The van der Waals surface area contributed by atoms with Crippen molar-refractivity contribution in [3.05, 3.63) is 59.2 Å². The Morgan fingerprint density at radius 2 is 1.84 bits per heavy atom. The maximum absolute atomic E-state index is 12.0. The van der Waals surface area contributed by atoms with Crippen molar-refractivity contribution in [2.24, 2.45) is 0 Å². The number of carbonyl (C=O) groups excluding carboxylic acids is 2. The SMILES string of the molecule is C/C=C/C=C/C(=O)O[C@H](C)C(=O)c1ccc(Cl)cc1. The van der Waals surface area contributed by atoms with E-state index in [0.29, 0.717) is 10.6 Å². The molecule has 1 atom stereocenters. The first kappa shape index (κ1) is 15.2. The van der Waals surface area contributed by atoms with E-state index in [9.17, 15) is 9.59 Å². The van der Waals surface area contributed by atoms with Crippen LogP contribution in [0.2, 0.25) is 5.02 Å². The summed E-state index contributed by atoms with van der Waals surface area (Å²) in [6.07, 6.45) is 5.48. The molecule has 0 saturated carbocycles. The highest BCUT2D eigenvalue weighted by Gasteiger charge is 2.18. The Bertz CT molecular complexity index is 501. The third-order valence-corrected chi connectivity index (χ3v) is 2.58. The Kier molecular flexibility index (Phi) is 6.03. The van der Waals surface area contributed by atoms with Crippen LogP contribution in [0.5, 0.6) is 0 Å². The molecule has 0 aliphatic rings. The Labute approximate surface area is 117 Å². The average molecular weight is 279 g/mol. The molecule has 4 heteroatoms. The van der Waals surface area contributed by atoms with Gasteiger partial charge in [0.15, 0.2) is 6.10 Å². The Balaban J connectivity index is 2.62. The molecular formula is C15H15ClO3. The summed E-state index contributed by atoms with van der Waals surface area (Å²) in [6.45, 7) is 3.38. The summed E-state index contributed by atoms with van der Waals surface area (Å²) >= 11 is 5.74. The lowest BCUT2D eigenvalue weighted by molar-refractivity contribution is -0.140. The minimum Gasteiger partial charge on any atom is -0.451 e. The number of carbonyl (C=O) groups is 2. The van der Waals surface area contributed by atoms with Crippen LogP contribution < -0.4 is 0 Å². The largest absolute Gasteiger partial charge is 0.451 e. The molecule has 0 spiro atoms. The monoisotopic (exact) mass is 278 g/mol. The van der Waals surface area contributed by atoms with Gasteiger partial charge < -0.3 is 4.74 Å². The van der Waals surface area contributed by atoms with Gasteiger partial charge in [-0.05, 0) is 38.1 Å². The number of ether oxygens (including phenoxy) is 1. The van der Waals surface area contributed by atoms with Crippen molar-refractivity contribution in [1.82, 2.24) is 0 Å². The quantitative estimate of drug-likeness (QED) is 0.358. The summed E-state index contributed by atoms with van der Waals surface area (Å²) < 4.78 is 5.00. The number of Topliss-reactive ketones (excluding diaryl/α,β-unsaturated/α-hetero) is 1. The van der Waals surface area contributed by atoms with Crippen molar-refractivity contribution in [2.75, 3.05) is 0 Å². The fourth-order valence-corrected chi connectivity index (χ4v) is 1.49. The Hall–Kier alpha value is -1.87. The molecule has 0 aliphatic carbocycles. The number of ketones is 1. The molecule has 0 amide bonds. The molecule has 1 rings (SSSR count). The predicted octanol–water partition coefficient (Wildman–Crippen LogP) is 3.59. The minimum absolute atomic E-state index is 0.260. The summed E-state index contributed by atoms with van der Waals surface area (Å²) in [5.74, 6) is -0.808. The van der Waals surface area contributed by atoms with Gasteiger partial charge in [0.2, 0.25) is 5.78 Å². The first-order valence-corrected chi connectivity index (χ1v) is 6.22. The van der Waals surface area contributed by atoms with Crippen LogP contribution in [0.1, 0.15) is 24.2 Å². The van der Waals surface area contributed by atoms with Crippen LogP contribution in [0.15, 0.2) is 48.6 Å². The molecule has 0 radical (unpaired) electrons. The standard InChI is InChI=1S/C15H15ClO3/c1-3-4-5-6-14(17)19-11(2)15(18)12-7-9-13(16)10-8-12/h3-11H,1-2H3/b4-3+,6-5+/t11-/m1/s1. The van der Waals surface area contributed by atoms with Crippen LogP contribution in [-0.4, -0.2) is 17.9 Å². The van der Waals surface area contributed by atoms with Crippen LogP contribution in [0.25, 0.3) is 0 Å². The zero-order chi connectivity index (χ0) is 14.3. The molecule has 1 aromatic carbocycles. The third-order valence-electron chi connectivity index (χ3n) is 2.33. The van der Waals surface area contributed by atoms with Gasteiger partial charge in [-0.25, -0.2) is 4.79 Å². The molecule has 0 aromatic heterocycles. The smallest absolute Gasteiger partial charge is 0.331 e. The van der Waals surface area contributed by atoms with Gasteiger partial charge in [-0.15, -0.1) is 0 Å². The number of benzene rings is 1. The number of rotatable bonds is 5. The summed E-state index contributed by atoms with van der Waals surface area (Å²) in [6, 6.07) is 6.44. The van der Waals surface area contributed by atoms with Crippen molar-refractivity contribution in [3.8, 4) is 0 Å². The highest BCUT2D eigenvalue weighted by molar-refractivity contribution is 6.30. The molecule has 3 nitrogen and oxygen atoms in total. The van der Waals surface area contributed by atoms with Crippen LogP contribution in [0, 0.1) is 0 Å². The average Bonchev–Trinajstić information content (AvgIpc) is 2.39. The molecule has 0 N–H and O–H groups in total. The van der Waals surface area contributed by atoms with E-state index in [1.165, 1.54) is 6.08 Å². The second kappa shape index (κ2) is 7.54. The van der Waals surface area contributed by atoms with Crippen LogP contribution in [-0.2, 0) is 9.53 Å². The van der Waals surface area contributed by atoms with Gasteiger partial charge in [0, 0.05) is 16.7 Å². The molecular weight excluding hydrogens is 264 g/mol. The Morgan fingerprint density at radius 3 is 2.42 bits per heavy atom. The van der Waals surface area contributed by atoms with Crippen molar-refractivity contribution < 1.29 is 14.3 Å². The lowest BCUT2D eigenvalue weighted by atomic mass is 10.1. The van der Waals surface area contributed by atoms with E-state index >= 15 is 0 Å². The van der Waals surface area contributed by atoms with E-state index in [4.69, 9.17) is 16.3 Å². The van der Waals surface area contributed by atoms with Gasteiger partial charge in [0.05, 0.1) is 0 Å². The van der Waals surface area contributed by atoms with Gasteiger partial charge in [-0.3, -0.25) is 4.79 Å². The van der Waals surface area contributed by atoms with Crippen molar-refractivity contribution in [3.63, 3.8) is 0 Å². The van der Waals surface area contributed by atoms with Gasteiger partial charge in [-0.2, -0.15) is 0 Å².